The number of anilines is 1. The molecule has 0 bridgehead atoms. The molecule has 0 fully saturated rings. The lowest BCUT2D eigenvalue weighted by molar-refractivity contribution is -0.0498. The van der Waals surface area contributed by atoms with E-state index < -0.39 is 6.61 Å². The minimum atomic E-state index is -2.87. The maximum absolute atomic E-state index is 12.3. The maximum Gasteiger partial charge on any atom is 0.387 e. The molecule has 0 saturated carbocycles. The molecule has 0 aliphatic heterocycles. The second-order valence-electron chi connectivity index (χ2n) is 5.26. The average molecular weight is 395 g/mol. The van der Waals surface area contributed by atoms with E-state index >= 15 is 0 Å². The number of carbonyl (C=O) groups is 1. The van der Waals surface area contributed by atoms with Crippen LogP contribution in [-0.2, 0) is 0 Å². The molecule has 1 heterocycles. The van der Waals surface area contributed by atoms with E-state index in [1.807, 2.05) is 6.92 Å². The van der Waals surface area contributed by atoms with E-state index in [1.165, 1.54) is 23.5 Å². The number of thiazole rings is 1. The lowest BCUT2D eigenvalue weighted by atomic mass is 10.1. The predicted molar refractivity (Wildman–Crippen MR) is 98.3 cm³/mol. The van der Waals surface area contributed by atoms with Gasteiger partial charge in [-0.1, -0.05) is 23.7 Å². The number of alkyl halides is 2. The van der Waals surface area contributed by atoms with Gasteiger partial charge in [0, 0.05) is 10.4 Å². The van der Waals surface area contributed by atoms with Crippen molar-refractivity contribution in [2.24, 2.45) is 0 Å². The topological polar surface area (TPSA) is 51.2 Å². The SMILES string of the molecule is Cc1sc(NC(=O)c2ccccc2Cl)nc1-c1ccc(OC(F)F)cc1. The summed E-state index contributed by atoms with van der Waals surface area (Å²) in [4.78, 5) is 17.6. The number of amides is 1. The molecular weight excluding hydrogens is 382 g/mol. The first kappa shape index (κ1) is 18.3. The van der Waals surface area contributed by atoms with Gasteiger partial charge in [-0.25, -0.2) is 4.98 Å². The highest BCUT2D eigenvalue weighted by molar-refractivity contribution is 7.16. The van der Waals surface area contributed by atoms with Crippen LogP contribution in [-0.4, -0.2) is 17.5 Å². The Hall–Kier alpha value is -2.51. The van der Waals surface area contributed by atoms with Crippen molar-refractivity contribution >= 4 is 34.0 Å². The third-order valence-corrected chi connectivity index (χ3v) is 4.70. The van der Waals surface area contributed by atoms with Crippen molar-refractivity contribution in [3.8, 4) is 17.0 Å². The summed E-state index contributed by atoms with van der Waals surface area (Å²) in [6, 6.07) is 12.9. The quantitative estimate of drug-likeness (QED) is 0.610. The number of aryl methyl sites for hydroxylation is 1. The second kappa shape index (κ2) is 7.80. The largest absolute Gasteiger partial charge is 0.435 e. The highest BCUT2D eigenvalue weighted by Gasteiger charge is 2.15. The van der Waals surface area contributed by atoms with Crippen LogP contribution in [0.1, 0.15) is 15.2 Å². The van der Waals surface area contributed by atoms with Crippen molar-refractivity contribution in [3.05, 3.63) is 64.0 Å². The number of aromatic nitrogens is 1. The first-order valence-corrected chi connectivity index (χ1v) is 8.72. The summed E-state index contributed by atoms with van der Waals surface area (Å²) in [5, 5.41) is 3.51. The number of halogens is 3. The van der Waals surface area contributed by atoms with E-state index in [4.69, 9.17) is 11.6 Å². The van der Waals surface area contributed by atoms with Gasteiger partial charge >= 0.3 is 6.61 Å². The molecule has 3 rings (SSSR count). The summed E-state index contributed by atoms with van der Waals surface area (Å²) in [6.07, 6.45) is 0. The highest BCUT2D eigenvalue weighted by atomic mass is 35.5. The average Bonchev–Trinajstić information content (AvgIpc) is 2.95. The molecule has 0 aliphatic carbocycles. The summed E-state index contributed by atoms with van der Waals surface area (Å²) in [7, 11) is 0. The minimum Gasteiger partial charge on any atom is -0.435 e. The molecule has 0 saturated heterocycles. The Morgan fingerprint density at radius 3 is 2.54 bits per heavy atom. The number of rotatable bonds is 5. The van der Waals surface area contributed by atoms with E-state index in [2.05, 4.69) is 15.0 Å². The van der Waals surface area contributed by atoms with Crippen LogP contribution >= 0.6 is 22.9 Å². The zero-order valence-electron chi connectivity index (χ0n) is 13.5. The van der Waals surface area contributed by atoms with Gasteiger partial charge in [-0.2, -0.15) is 8.78 Å². The first-order chi connectivity index (χ1) is 12.4. The van der Waals surface area contributed by atoms with E-state index in [0.717, 1.165) is 10.4 Å². The molecule has 3 aromatic rings. The third kappa shape index (κ3) is 4.17. The van der Waals surface area contributed by atoms with Gasteiger partial charge in [-0.3, -0.25) is 10.1 Å². The van der Waals surface area contributed by atoms with Crippen molar-refractivity contribution in [1.29, 1.82) is 0 Å². The molecule has 0 aliphatic rings. The maximum atomic E-state index is 12.3. The normalized spacial score (nSPS) is 10.8. The smallest absolute Gasteiger partial charge is 0.387 e. The zero-order chi connectivity index (χ0) is 18.7. The van der Waals surface area contributed by atoms with Crippen LogP contribution in [0.4, 0.5) is 13.9 Å². The number of hydrogen-bond donors (Lipinski definition) is 1. The number of ether oxygens (including phenoxy) is 1. The fourth-order valence-corrected chi connectivity index (χ4v) is 3.37. The highest BCUT2D eigenvalue weighted by Crippen LogP contribution is 2.32. The third-order valence-electron chi connectivity index (χ3n) is 3.49. The predicted octanol–water partition coefficient (Wildman–Crippen LogP) is 5.63. The molecule has 8 heteroatoms. The Bertz CT molecular complexity index is 929. The lowest BCUT2D eigenvalue weighted by Gasteiger charge is -2.05. The Kier molecular flexibility index (Phi) is 5.49. The Morgan fingerprint density at radius 1 is 1.19 bits per heavy atom. The number of nitrogens with one attached hydrogen (secondary N) is 1. The molecule has 4 nitrogen and oxygen atoms in total. The van der Waals surface area contributed by atoms with Gasteiger partial charge in [-0.15, -0.1) is 11.3 Å². The Labute approximate surface area is 157 Å². The Balaban J connectivity index is 1.79. The van der Waals surface area contributed by atoms with E-state index in [9.17, 15) is 13.6 Å². The van der Waals surface area contributed by atoms with Crippen LogP contribution in [0.2, 0.25) is 5.02 Å². The van der Waals surface area contributed by atoms with E-state index in [0.29, 0.717) is 21.4 Å². The number of nitrogens with zero attached hydrogens (tertiary/aromatic N) is 1. The van der Waals surface area contributed by atoms with E-state index in [-0.39, 0.29) is 11.7 Å². The minimum absolute atomic E-state index is 0.0730. The van der Waals surface area contributed by atoms with Gasteiger partial charge in [-0.05, 0) is 43.3 Å². The number of benzene rings is 2. The lowest BCUT2D eigenvalue weighted by Crippen LogP contribution is -2.12. The van der Waals surface area contributed by atoms with Gasteiger partial charge in [0.15, 0.2) is 5.13 Å². The standard InChI is InChI=1S/C18H13ClF2N2O2S/c1-10-15(11-6-8-12(9-7-11)25-17(20)21)22-18(26-10)23-16(24)13-4-2-3-5-14(13)19/h2-9,17H,1H3,(H,22,23,24). The van der Waals surface area contributed by atoms with Crippen LogP contribution < -0.4 is 10.1 Å². The van der Waals surface area contributed by atoms with E-state index in [1.54, 1.807) is 36.4 Å². The number of carbonyl (C=O) groups excluding carboxylic acids is 1. The van der Waals surface area contributed by atoms with Gasteiger partial charge in [0.25, 0.3) is 5.91 Å². The van der Waals surface area contributed by atoms with Crippen molar-refractivity contribution in [1.82, 2.24) is 4.98 Å². The fourth-order valence-electron chi connectivity index (χ4n) is 2.32. The molecular formula is C18H13ClF2N2O2S. The second-order valence-corrected chi connectivity index (χ2v) is 6.87. The molecule has 1 N–H and O–H groups in total. The summed E-state index contributed by atoms with van der Waals surface area (Å²) in [5.74, 6) is -0.277. The molecule has 0 atom stereocenters. The molecule has 2 aromatic carbocycles. The van der Waals surface area contributed by atoms with Gasteiger partial charge in [0.2, 0.25) is 0 Å². The van der Waals surface area contributed by atoms with Gasteiger partial charge in [0.1, 0.15) is 5.75 Å². The zero-order valence-corrected chi connectivity index (χ0v) is 15.1. The molecule has 0 spiro atoms. The van der Waals surface area contributed by atoms with Crippen molar-refractivity contribution < 1.29 is 18.3 Å². The summed E-state index contributed by atoms with van der Waals surface area (Å²) < 4.78 is 28.8. The van der Waals surface area contributed by atoms with Crippen LogP contribution in [0, 0.1) is 6.92 Å². The summed E-state index contributed by atoms with van der Waals surface area (Å²) in [5.41, 5.74) is 1.75. The Morgan fingerprint density at radius 2 is 1.88 bits per heavy atom. The van der Waals surface area contributed by atoms with Crippen LogP contribution in [0.3, 0.4) is 0 Å². The molecule has 26 heavy (non-hydrogen) atoms. The monoisotopic (exact) mass is 394 g/mol. The van der Waals surface area contributed by atoms with Crippen LogP contribution in [0.5, 0.6) is 5.75 Å². The first-order valence-electron chi connectivity index (χ1n) is 7.52. The van der Waals surface area contributed by atoms with Crippen molar-refractivity contribution in [2.45, 2.75) is 13.5 Å². The van der Waals surface area contributed by atoms with Crippen molar-refractivity contribution in [3.63, 3.8) is 0 Å². The van der Waals surface area contributed by atoms with Crippen LogP contribution in [0.25, 0.3) is 11.3 Å². The summed E-state index contributed by atoms with van der Waals surface area (Å²) >= 11 is 7.34. The molecule has 1 amide bonds. The molecule has 134 valence electrons. The fraction of sp³-hybridized carbons (Fsp3) is 0.111. The molecule has 0 radical (unpaired) electrons. The summed E-state index contributed by atoms with van der Waals surface area (Å²) in [6.45, 7) is -1.00. The van der Waals surface area contributed by atoms with Crippen molar-refractivity contribution in [2.75, 3.05) is 5.32 Å². The van der Waals surface area contributed by atoms with Gasteiger partial charge in [0.05, 0.1) is 16.3 Å². The number of hydrogen-bond acceptors (Lipinski definition) is 4. The van der Waals surface area contributed by atoms with Crippen LogP contribution in [0.15, 0.2) is 48.5 Å². The molecule has 1 aromatic heterocycles. The van der Waals surface area contributed by atoms with Gasteiger partial charge < -0.3 is 4.74 Å². The molecule has 0 unspecified atom stereocenters.